The van der Waals surface area contributed by atoms with E-state index in [9.17, 15) is 4.79 Å². The first-order chi connectivity index (χ1) is 10.6. The Balaban J connectivity index is 2.13. The van der Waals surface area contributed by atoms with Crippen LogP contribution in [0.2, 0.25) is 0 Å². The fourth-order valence-electron chi connectivity index (χ4n) is 1.99. The predicted molar refractivity (Wildman–Crippen MR) is 90.0 cm³/mol. The third-order valence-electron chi connectivity index (χ3n) is 3.30. The lowest BCUT2D eigenvalue weighted by atomic mass is 10.2. The van der Waals surface area contributed by atoms with Crippen LogP contribution in [-0.4, -0.2) is 25.5 Å². The maximum absolute atomic E-state index is 11.6. The molecule has 0 N–H and O–H groups in total. The van der Waals surface area contributed by atoms with Crippen LogP contribution in [-0.2, 0) is 4.74 Å². The van der Waals surface area contributed by atoms with Gasteiger partial charge in [0, 0.05) is 12.7 Å². The number of hydrogen-bond acceptors (Lipinski definition) is 3. The molecule has 114 valence electrons. The maximum Gasteiger partial charge on any atom is 0.338 e. The van der Waals surface area contributed by atoms with Crippen molar-refractivity contribution in [2.24, 2.45) is 4.99 Å². The number of rotatable bonds is 4. The molecule has 0 bridgehead atoms. The molecule has 2 aromatic carbocycles. The summed E-state index contributed by atoms with van der Waals surface area (Å²) in [7, 11) is 1.97. The van der Waals surface area contributed by atoms with E-state index < -0.39 is 0 Å². The van der Waals surface area contributed by atoms with Gasteiger partial charge in [0.15, 0.2) is 0 Å². The lowest BCUT2D eigenvalue weighted by Gasteiger charge is -2.18. The molecule has 2 aromatic rings. The molecule has 0 saturated carbocycles. The molecule has 0 aliphatic rings. The quantitative estimate of drug-likeness (QED) is 0.485. The largest absolute Gasteiger partial charge is 0.462 e. The highest BCUT2D eigenvalue weighted by Crippen LogP contribution is 2.17. The van der Waals surface area contributed by atoms with Gasteiger partial charge in [-0.15, -0.1) is 0 Å². The van der Waals surface area contributed by atoms with Crippen molar-refractivity contribution in [1.82, 2.24) is 0 Å². The van der Waals surface area contributed by atoms with Crippen LogP contribution in [0.4, 0.5) is 11.4 Å². The van der Waals surface area contributed by atoms with Crippen LogP contribution in [0.1, 0.15) is 24.2 Å². The van der Waals surface area contributed by atoms with Crippen molar-refractivity contribution in [3.8, 4) is 0 Å². The van der Waals surface area contributed by atoms with Crippen LogP contribution in [0.5, 0.6) is 0 Å². The first-order valence-corrected chi connectivity index (χ1v) is 7.23. The smallest absolute Gasteiger partial charge is 0.338 e. The number of para-hydroxylation sites is 1. The van der Waals surface area contributed by atoms with Crippen LogP contribution in [0, 0.1) is 0 Å². The average molecular weight is 296 g/mol. The van der Waals surface area contributed by atoms with Crippen LogP contribution >= 0.6 is 0 Å². The summed E-state index contributed by atoms with van der Waals surface area (Å²) in [6.07, 6.45) is 0. The number of carbonyl (C=O) groups is 1. The Hall–Kier alpha value is -2.62. The number of nitrogens with zero attached hydrogens (tertiary/aromatic N) is 2. The van der Waals surface area contributed by atoms with Gasteiger partial charge in [0.25, 0.3) is 0 Å². The zero-order valence-electron chi connectivity index (χ0n) is 13.1. The fourth-order valence-corrected chi connectivity index (χ4v) is 1.99. The Bertz CT molecular complexity index is 649. The monoisotopic (exact) mass is 296 g/mol. The molecule has 2 rings (SSSR count). The van der Waals surface area contributed by atoms with E-state index in [0.29, 0.717) is 12.2 Å². The van der Waals surface area contributed by atoms with Crippen LogP contribution in [0.15, 0.2) is 59.6 Å². The van der Waals surface area contributed by atoms with Gasteiger partial charge < -0.3 is 9.64 Å². The summed E-state index contributed by atoms with van der Waals surface area (Å²) in [5.74, 6) is 0.561. The molecule has 0 unspecified atom stereocenters. The zero-order valence-corrected chi connectivity index (χ0v) is 13.1. The van der Waals surface area contributed by atoms with Gasteiger partial charge in [0.1, 0.15) is 5.84 Å². The number of benzene rings is 2. The third-order valence-corrected chi connectivity index (χ3v) is 3.30. The van der Waals surface area contributed by atoms with E-state index in [1.807, 2.05) is 61.3 Å². The minimum atomic E-state index is -0.309. The molecule has 0 fully saturated rings. The van der Waals surface area contributed by atoms with Crippen molar-refractivity contribution < 1.29 is 9.53 Å². The molecule has 0 aliphatic carbocycles. The number of carbonyl (C=O) groups excluding carboxylic acids is 1. The summed E-state index contributed by atoms with van der Waals surface area (Å²) in [6, 6.07) is 17.1. The van der Waals surface area contributed by atoms with E-state index in [1.165, 1.54) is 0 Å². The van der Waals surface area contributed by atoms with E-state index >= 15 is 0 Å². The standard InChI is InChI=1S/C18H20N2O2/c1-4-22-18(21)15-10-12-16(13-11-15)19-14(2)20(3)17-8-6-5-7-9-17/h5-13H,4H2,1-3H3. The van der Waals surface area contributed by atoms with Gasteiger partial charge in [0.05, 0.1) is 17.9 Å². The SMILES string of the molecule is CCOC(=O)c1ccc(N=C(C)N(C)c2ccccc2)cc1. The molecule has 4 heteroatoms. The summed E-state index contributed by atoms with van der Waals surface area (Å²) in [4.78, 5) is 18.2. The third kappa shape index (κ3) is 3.95. The molecular formula is C18H20N2O2. The van der Waals surface area contributed by atoms with Crippen molar-refractivity contribution in [2.45, 2.75) is 13.8 Å². The molecule has 0 spiro atoms. The number of esters is 1. The van der Waals surface area contributed by atoms with Gasteiger partial charge in [-0.25, -0.2) is 9.79 Å². The van der Waals surface area contributed by atoms with Gasteiger partial charge in [-0.2, -0.15) is 0 Å². The minimum absolute atomic E-state index is 0.309. The Morgan fingerprint density at radius 2 is 1.73 bits per heavy atom. The second-order valence-electron chi connectivity index (χ2n) is 4.82. The van der Waals surface area contributed by atoms with E-state index in [2.05, 4.69) is 4.99 Å². The van der Waals surface area contributed by atoms with E-state index in [-0.39, 0.29) is 5.97 Å². The normalized spacial score (nSPS) is 11.1. The van der Waals surface area contributed by atoms with Gasteiger partial charge in [0.2, 0.25) is 0 Å². The molecule has 0 aliphatic heterocycles. The minimum Gasteiger partial charge on any atom is -0.462 e. The Kier molecular flexibility index (Phi) is 5.31. The molecule has 0 atom stereocenters. The van der Waals surface area contributed by atoms with Crippen LogP contribution in [0.25, 0.3) is 0 Å². The molecule has 0 aromatic heterocycles. The van der Waals surface area contributed by atoms with Crippen molar-refractivity contribution in [1.29, 1.82) is 0 Å². The Labute approximate surface area is 131 Å². The van der Waals surface area contributed by atoms with E-state index in [4.69, 9.17) is 4.74 Å². The summed E-state index contributed by atoms with van der Waals surface area (Å²) in [5, 5.41) is 0. The molecule has 22 heavy (non-hydrogen) atoms. The highest BCUT2D eigenvalue weighted by molar-refractivity contribution is 5.97. The number of aliphatic imine (C=N–C) groups is 1. The number of hydrogen-bond donors (Lipinski definition) is 0. The van der Waals surface area contributed by atoms with Crippen molar-refractivity contribution in [3.05, 3.63) is 60.2 Å². The fraction of sp³-hybridized carbons (Fsp3) is 0.222. The Morgan fingerprint density at radius 1 is 1.09 bits per heavy atom. The lowest BCUT2D eigenvalue weighted by Crippen LogP contribution is -2.22. The molecular weight excluding hydrogens is 276 g/mol. The van der Waals surface area contributed by atoms with Gasteiger partial charge >= 0.3 is 5.97 Å². The van der Waals surface area contributed by atoms with Gasteiger partial charge in [-0.1, -0.05) is 18.2 Å². The van der Waals surface area contributed by atoms with Crippen molar-refractivity contribution in [2.75, 3.05) is 18.6 Å². The summed E-state index contributed by atoms with van der Waals surface area (Å²) in [6.45, 7) is 4.12. The van der Waals surface area contributed by atoms with E-state index in [0.717, 1.165) is 17.2 Å². The molecule has 0 amide bonds. The number of ether oxygens (including phenoxy) is 1. The summed E-state index contributed by atoms with van der Waals surface area (Å²) in [5.41, 5.74) is 2.41. The first kappa shape index (κ1) is 15.8. The second-order valence-corrected chi connectivity index (χ2v) is 4.82. The molecule has 0 heterocycles. The summed E-state index contributed by atoms with van der Waals surface area (Å²) < 4.78 is 4.96. The highest BCUT2D eigenvalue weighted by atomic mass is 16.5. The van der Waals surface area contributed by atoms with Crippen LogP contribution in [0.3, 0.4) is 0 Å². The second kappa shape index (κ2) is 7.41. The Morgan fingerprint density at radius 3 is 2.32 bits per heavy atom. The molecule has 0 radical (unpaired) electrons. The predicted octanol–water partition coefficient (Wildman–Crippen LogP) is 4.05. The van der Waals surface area contributed by atoms with Crippen molar-refractivity contribution in [3.63, 3.8) is 0 Å². The first-order valence-electron chi connectivity index (χ1n) is 7.23. The lowest BCUT2D eigenvalue weighted by molar-refractivity contribution is 0.0526. The topological polar surface area (TPSA) is 41.9 Å². The highest BCUT2D eigenvalue weighted by Gasteiger charge is 2.06. The molecule has 0 saturated heterocycles. The van der Waals surface area contributed by atoms with Gasteiger partial charge in [-0.05, 0) is 50.2 Å². The van der Waals surface area contributed by atoms with Gasteiger partial charge in [-0.3, -0.25) is 0 Å². The number of amidine groups is 1. The average Bonchev–Trinajstić information content (AvgIpc) is 2.55. The van der Waals surface area contributed by atoms with E-state index in [1.54, 1.807) is 19.1 Å². The van der Waals surface area contributed by atoms with Crippen molar-refractivity contribution >= 4 is 23.2 Å². The number of anilines is 1. The van der Waals surface area contributed by atoms with Crippen LogP contribution < -0.4 is 4.90 Å². The summed E-state index contributed by atoms with van der Waals surface area (Å²) >= 11 is 0. The zero-order chi connectivity index (χ0) is 15.9. The maximum atomic E-state index is 11.6. The molecule has 4 nitrogen and oxygen atoms in total.